The van der Waals surface area contributed by atoms with Crippen molar-refractivity contribution in [3.63, 3.8) is 0 Å². The molecule has 6 heteroatoms. The van der Waals surface area contributed by atoms with Gasteiger partial charge in [-0.2, -0.15) is 0 Å². The molecule has 4 rings (SSSR count). The SMILES string of the molecule is CCN(CC)CCn1c(/N=C/c2nc3ccccc3n2CC)nc2ccccc21. The van der Waals surface area contributed by atoms with Gasteiger partial charge in [0.05, 0.1) is 28.3 Å². The minimum atomic E-state index is 0.730. The zero-order chi connectivity index (χ0) is 20.2. The second-order valence-corrected chi connectivity index (χ2v) is 7.04. The van der Waals surface area contributed by atoms with E-state index < -0.39 is 0 Å². The summed E-state index contributed by atoms with van der Waals surface area (Å²) >= 11 is 0. The van der Waals surface area contributed by atoms with Crippen LogP contribution in [0, 0.1) is 0 Å². The topological polar surface area (TPSA) is 51.2 Å². The monoisotopic (exact) mass is 388 g/mol. The van der Waals surface area contributed by atoms with Crippen molar-refractivity contribution in [2.75, 3.05) is 19.6 Å². The summed E-state index contributed by atoms with van der Waals surface area (Å²) in [6.45, 7) is 11.3. The number of imidazole rings is 2. The molecule has 0 amide bonds. The van der Waals surface area contributed by atoms with Crippen LogP contribution in [-0.4, -0.2) is 49.9 Å². The first-order chi connectivity index (χ1) is 14.2. The maximum absolute atomic E-state index is 4.78. The van der Waals surface area contributed by atoms with E-state index in [0.29, 0.717) is 0 Å². The number of hydrogen-bond acceptors (Lipinski definition) is 4. The molecule has 0 radical (unpaired) electrons. The molecule has 6 nitrogen and oxygen atoms in total. The Kier molecular flexibility index (Phi) is 5.71. The lowest BCUT2D eigenvalue weighted by Crippen LogP contribution is -2.26. The summed E-state index contributed by atoms with van der Waals surface area (Å²) in [5, 5.41) is 0. The lowest BCUT2D eigenvalue weighted by Gasteiger charge is -2.18. The minimum Gasteiger partial charge on any atom is -0.323 e. The second-order valence-electron chi connectivity index (χ2n) is 7.04. The Morgan fingerprint density at radius 1 is 0.862 bits per heavy atom. The molecule has 2 aromatic heterocycles. The smallest absolute Gasteiger partial charge is 0.230 e. The number of fused-ring (bicyclic) bond motifs is 2. The summed E-state index contributed by atoms with van der Waals surface area (Å²) in [7, 11) is 0. The van der Waals surface area contributed by atoms with E-state index in [9.17, 15) is 0 Å². The van der Waals surface area contributed by atoms with Gasteiger partial charge in [-0.3, -0.25) is 0 Å². The second kappa shape index (κ2) is 8.57. The first-order valence-corrected chi connectivity index (χ1v) is 10.4. The molecule has 0 aliphatic rings. The Morgan fingerprint density at radius 2 is 1.48 bits per heavy atom. The van der Waals surface area contributed by atoms with Crippen molar-refractivity contribution in [3.05, 3.63) is 54.4 Å². The number of rotatable bonds is 8. The molecule has 2 aromatic carbocycles. The number of hydrogen-bond donors (Lipinski definition) is 0. The van der Waals surface area contributed by atoms with E-state index in [1.165, 1.54) is 0 Å². The third-order valence-electron chi connectivity index (χ3n) is 5.46. The average molecular weight is 389 g/mol. The fraction of sp³-hybridized carbons (Fsp3) is 0.348. The van der Waals surface area contributed by atoms with Crippen LogP contribution in [0.1, 0.15) is 26.6 Å². The lowest BCUT2D eigenvalue weighted by molar-refractivity contribution is 0.292. The van der Waals surface area contributed by atoms with Gasteiger partial charge in [0.15, 0.2) is 5.82 Å². The number of aromatic nitrogens is 4. The van der Waals surface area contributed by atoms with Crippen molar-refractivity contribution in [3.8, 4) is 0 Å². The molecule has 0 aliphatic carbocycles. The normalized spacial score (nSPS) is 12.1. The van der Waals surface area contributed by atoms with Gasteiger partial charge in [0.25, 0.3) is 0 Å². The maximum Gasteiger partial charge on any atom is 0.230 e. The minimum absolute atomic E-state index is 0.730. The van der Waals surface area contributed by atoms with Crippen LogP contribution in [0.3, 0.4) is 0 Å². The van der Waals surface area contributed by atoms with E-state index in [1.54, 1.807) is 0 Å². The summed E-state index contributed by atoms with van der Waals surface area (Å²) in [5.41, 5.74) is 4.22. The molecule has 0 saturated heterocycles. The van der Waals surface area contributed by atoms with Gasteiger partial charge in [-0.25, -0.2) is 15.0 Å². The molecular weight excluding hydrogens is 360 g/mol. The van der Waals surface area contributed by atoms with Crippen molar-refractivity contribution >= 4 is 34.2 Å². The average Bonchev–Trinajstić information content (AvgIpc) is 3.30. The van der Waals surface area contributed by atoms with Gasteiger partial charge in [0.1, 0.15) is 0 Å². The van der Waals surface area contributed by atoms with Crippen LogP contribution >= 0.6 is 0 Å². The van der Waals surface area contributed by atoms with Gasteiger partial charge in [0, 0.05) is 19.6 Å². The van der Waals surface area contributed by atoms with E-state index in [1.807, 2.05) is 36.5 Å². The van der Waals surface area contributed by atoms with Crippen LogP contribution in [0.5, 0.6) is 0 Å². The maximum atomic E-state index is 4.78. The summed E-state index contributed by atoms with van der Waals surface area (Å²) < 4.78 is 4.39. The number of nitrogens with zero attached hydrogens (tertiary/aromatic N) is 6. The molecule has 0 N–H and O–H groups in total. The molecule has 0 aliphatic heterocycles. The molecule has 0 fully saturated rings. The number of aryl methyl sites for hydroxylation is 1. The van der Waals surface area contributed by atoms with Crippen LogP contribution in [-0.2, 0) is 13.1 Å². The van der Waals surface area contributed by atoms with Crippen molar-refractivity contribution < 1.29 is 0 Å². The van der Waals surface area contributed by atoms with Crippen LogP contribution in [0.4, 0.5) is 5.95 Å². The van der Waals surface area contributed by atoms with Crippen LogP contribution in [0.25, 0.3) is 22.1 Å². The number of likely N-dealkylation sites (N-methyl/N-ethyl adjacent to an activating group) is 1. The van der Waals surface area contributed by atoms with E-state index in [0.717, 1.165) is 66.6 Å². The highest BCUT2D eigenvalue weighted by Gasteiger charge is 2.12. The Balaban J connectivity index is 1.71. The molecule has 4 aromatic rings. The highest BCUT2D eigenvalue weighted by molar-refractivity contribution is 5.86. The van der Waals surface area contributed by atoms with Gasteiger partial charge in [-0.05, 0) is 44.3 Å². The Labute approximate surface area is 171 Å². The highest BCUT2D eigenvalue weighted by atomic mass is 15.2. The molecule has 0 spiro atoms. The molecule has 29 heavy (non-hydrogen) atoms. The van der Waals surface area contributed by atoms with Gasteiger partial charge in [-0.15, -0.1) is 0 Å². The molecule has 2 heterocycles. The van der Waals surface area contributed by atoms with Gasteiger partial charge >= 0.3 is 0 Å². The largest absolute Gasteiger partial charge is 0.323 e. The van der Waals surface area contributed by atoms with E-state index in [2.05, 4.69) is 53.0 Å². The number of aliphatic imine (C=N–C) groups is 1. The standard InChI is InChI=1S/C23H28N6/c1-4-27(5-2)15-16-29-21-14-10-8-12-19(21)26-23(29)24-17-22-25-18-11-7-9-13-20(18)28(22)6-3/h7-14,17H,4-6,15-16H2,1-3H3/b24-17+. The quantitative estimate of drug-likeness (QED) is 0.418. The molecule has 0 atom stereocenters. The zero-order valence-electron chi connectivity index (χ0n) is 17.4. The van der Waals surface area contributed by atoms with Crippen LogP contribution in [0.15, 0.2) is 53.5 Å². The summed E-state index contributed by atoms with van der Waals surface area (Å²) in [4.78, 5) is 16.7. The predicted octanol–water partition coefficient (Wildman–Crippen LogP) is 4.50. The fourth-order valence-electron chi connectivity index (χ4n) is 3.80. The van der Waals surface area contributed by atoms with Gasteiger partial charge < -0.3 is 14.0 Å². The Bertz CT molecular complexity index is 1130. The van der Waals surface area contributed by atoms with Crippen molar-refractivity contribution in [1.82, 2.24) is 24.0 Å². The van der Waals surface area contributed by atoms with Crippen molar-refractivity contribution in [1.29, 1.82) is 0 Å². The van der Waals surface area contributed by atoms with E-state index in [4.69, 9.17) is 15.0 Å². The number of benzene rings is 2. The molecular formula is C23H28N6. The third kappa shape index (κ3) is 3.80. The van der Waals surface area contributed by atoms with E-state index in [-0.39, 0.29) is 0 Å². The molecule has 150 valence electrons. The van der Waals surface area contributed by atoms with Crippen molar-refractivity contribution in [2.45, 2.75) is 33.9 Å². The first kappa shape index (κ1) is 19.3. The Morgan fingerprint density at radius 3 is 2.14 bits per heavy atom. The van der Waals surface area contributed by atoms with Crippen LogP contribution < -0.4 is 0 Å². The van der Waals surface area contributed by atoms with Gasteiger partial charge in [0.2, 0.25) is 5.95 Å². The van der Waals surface area contributed by atoms with Crippen LogP contribution in [0.2, 0.25) is 0 Å². The summed E-state index contributed by atoms with van der Waals surface area (Å²) in [5.74, 6) is 1.59. The zero-order valence-corrected chi connectivity index (χ0v) is 17.4. The van der Waals surface area contributed by atoms with Gasteiger partial charge in [-0.1, -0.05) is 38.1 Å². The fourth-order valence-corrected chi connectivity index (χ4v) is 3.80. The predicted molar refractivity (Wildman–Crippen MR) is 120 cm³/mol. The molecule has 0 bridgehead atoms. The molecule has 0 saturated carbocycles. The summed E-state index contributed by atoms with van der Waals surface area (Å²) in [6.07, 6.45) is 1.85. The van der Waals surface area contributed by atoms with Crippen molar-refractivity contribution in [2.24, 2.45) is 4.99 Å². The molecule has 0 unspecified atom stereocenters. The third-order valence-corrected chi connectivity index (χ3v) is 5.46. The highest BCUT2D eigenvalue weighted by Crippen LogP contribution is 2.22. The lowest BCUT2D eigenvalue weighted by atomic mass is 10.3. The van der Waals surface area contributed by atoms with E-state index >= 15 is 0 Å². The number of para-hydroxylation sites is 4. The first-order valence-electron chi connectivity index (χ1n) is 10.4. The Hall–Kier alpha value is -2.99. The summed E-state index contributed by atoms with van der Waals surface area (Å²) in [6, 6.07) is 16.4.